The Hall–Kier alpha value is -2.49. The Morgan fingerprint density at radius 1 is 1.09 bits per heavy atom. The third-order valence-electron chi connectivity index (χ3n) is 3.50. The van der Waals surface area contributed by atoms with Crippen molar-refractivity contribution < 1.29 is 9.53 Å². The number of benzene rings is 2. The molecule has 2 aromatic rings. The fourth-order valence-corrected chi connectivity index (χ4v) is 2.16. The lowest BCUT2D eigenvalue weighted by Crippen LogP contribution is -2.37. The van der Waals surface area contributed by atoms with E-state index < -0.39 is 0 Å². The van der Waals surface area contributed by atoms with Crippen molar-refractivity contribution in [1.82, 2.24) is 10.2 Å². The van der Waals surface area contributed by atoms with E-state index in [4.69, 9.17) is 4.74 Å². The summed E-state index contributed by atoms with van der Waals surface area (Å²) in [7, 11) is 1.80. The molecule has 2 rings (SSSR count). The Balaban J connectivity index is 1.61. The highest BCUT2D eigenvalue weighted by molar-refractivity contribution is 5.73. The number of nitrogens with zero attached hydrogens (tertiary/aromatic N) is 1. The summed E-state index contributed by atoms with van der Waals surface area (Å²) in [5.41, 5.74) is 2.33. The van der Waals surface area contributed by atoms with Crippen LogP contribution in [-0.4, -0.2) is 31.1 Å². The summed E-state index contributed by atoms with van der Waals surface area (Å²) in [4.78, 5) is 13.7. The molecule has 0 unspecified atom stereocenters. The van der Waals surface area contributed by atoms with E-state index in [1.165, 1.54) is 5.56 Å². The minimum Gasteiger partial charge on any atom is -0.494 e. The van der Waals surface area contributed by atoms with Gasteiger partial charge in [-0.15, -0.1) is 0 Å². The van der Waals surface area contributed by atoms with E-state index in [0.717, 1.165) is 17.7 Å². The topological polar surface area (TPSA) is 41.6 Å². The zero-order valence-electron chi connectivity index (χ0n) is 13.8. The monoisotopic (exact) mass is 312 g/mol. The second-order valence-corrected chi connectivity index (χ2v) is 5.59. The number of nitrogens with one attached hydrogen (secondary N) is 1. The lowest BCUT2D eigenvalue weighted by molar-refractivity contribution is 0.205. The number of rotatable bonds is 7. The number of ether oxygens (including phenoxy) is 1. The molecule has 1 N–H and O–H groups in total. The summed E-state index contributed by atoms with van der Waals surface area (Å²) >= 11 is 0. The molecule has 2 amide bonds. The van der Waals surface area contributed by atoms with E-state index in [2.05, 4.69) is 5.32 Å². The zero-order valence-corrected chi connectivity index (χ0v) is 13.8. The molecule has 0 aliphatic carbocycles. The largest absolute Gasteiger partial charge is 0.494 e. The van der Waals surface area contributed by atoms with Crippen molar-refractivity contribution in [3.05, 3.63) is 65.7 Å². The van der Waals surface area contributed by atoms with Gasteiger partial charge in [0.05, 0.1) is 6.61 Å². The van der Waals surface area contributed by atoms with Crippen LogP contribution in [0.4, 0.5) is 4.79 Å². The van der Waals surface area contributed by atoms with Crippen molar-refractivity contribution in [2.24, 2.45) is 0 Å². The molecule has 0 aliphatic rings. The van der Waals surface area contributed by atoms with Gasteiger partial charge in [-0.2, -0.15) is 0 Å². The average molecular weight is 312 g/mol. The van der Waals surface area contributed by atoms with Crippen molar-refractivity contribution in [3.63, 3.8) is 0 Å². The molecule has 0 radical (unpaired) electrons. The minimum atomic E-state index is -0.0656. The Morgan fingerprint density at radius 2 is 1.78 bits per heavy atom. The molecular formula is C19H24N2O2. The van der Waals surface area contributed by atoms with E-state index in [1.54, 1.807) is 11.9 Å². The van der Waals surface area contributed by atoms with Crippen LogP contribution >= 0.6 is 0 Å². The van der Waals surface area contributed by atoms with Gasteiger partial charge in [-0.1, -0.05) is 48.0 Å². The standard InChI is InChI=1S/C19H24N2O2/c1-16-9-11-18(12-10-16)23-14-6-13-20-19(22)21(2)15-17-7-4-3-5-8-17/h3-5,7-12H,6,13-15H2,1-2H3,(H,20,22). The predicted octanol–water partition coefficient (Wildman–Crippen LogP) is 3.61. The van der Waals surface area contributed by atoms with Crippen molar-refractivity contribution in [3.8, 4) is 5.75 Å². The first-order valence-electron chi connectivity index (χ1n) is 7.87. The molecule has 0 fully saturated rings. The highest BCUT2D eigenvalue weighted by Gasteiger charge is 2.07. The van der Waals surface area contributed by atoms with E-state index >= 15 is 0 Å². The van der Waals surface area contributed by atoms with E-state index in [0.29, 0.717) is 19.7 Å². The van der Waals surface area contributed by atoms with Gasteiger partial charge in [-0.05, 0) is 31.0 Å². The van der Waals surface area contributed by atoms with Crippen LogP contribution in [0.2, 0.25) is 0 Å². The van der Waals surface area contributed by atoms with Gasteiger partial charge in [-0.25, -0.2) is 4.79 Å². The normalized spacial score (nSPS) is 10.2. The van der Waals surface area contributed by atoms with Gasteiger partial charge in [0, 0.05) is 20.1 Å². The van der Waals surface area contributed by atoms with Gasteiger partial charge in [0.1, 0.15) is 5.75 Å². The van der Waals surface area contributed by atoms with Crippen LogP contribution in [0.3, 0.4) is 0 Å². The summed E-state index contributed by atoms with van der Waals surface area (Å²) in [6, 6.07) is 17.8. The quantitative estimate of drug-likeness (QED) is 0.794. The fraction of sp³-hybridized carbons (Fsp3) is 0.316. The molecule has 122 valence electrons. The summed E-state index contributed by atoms with van der Waals surface area (Å²) in [5, 5.41) is 2.91. The maximum Gasteiger partial charge on any atom is 0.317 e. The number of aryl methyl sites for hydroxylation is 1. The molecule has 0 aliphatic heterocycles. The lowest BCUT2D eigenvalue weighted by atomic mass is 10.2. The first kappa shape index (κ1) is 16.9. The molecule has 0 bridgehead atoms. The number of hydrogen-bond donors (Lipinski definition) is 1. The summed E-state index contributed by atoms with van der Waals surface area (Å²) in [5.74, 6) is 0.864. The number of amides is 2. The number of urea groups is 1. The molecule has 4 heteroatoms. The van der Waals surface area contributed by atoms with Crippen LogP contribution in [0, 0.1) is 6.92 Å². The van der Waals surface area contributed by atoms with Crippen LogP contribution in [-0.2, 0) is 6.54 Å². The third-order valence-corrected chi connectivity index (χ3v) is 3.50. The number of carbonyl (C=O) groups is 1. The Morgan fingerprint density at radius 3 is 2.48 bits per heavy atom. The van der Waals surface area contributed by atoms with Crippen LogP contribution in [0.15, 0.2) is 54.6 Å². The van der Waals surface area contributed by atoms with Crippen molar-refractivity contribution in [1.29, 1.82) is 0 Å². The van der Waals surface area contributed by atoms with Crippen LogP contribution in [0.25, 0.3) is 0 Å². The SMILES string of the molecule is Cc1ccc(OCCCNC(=O)N(C)Cc2ccccc2)cc1. The predicted molar refractivity (Wildman–Crippen MR) is 92.6 cm³/mol. The summed E-state index contributed by atoms with van der Waals surface area (Å²) in [6.07, 6.45) is 0.777. The lowest BCUT2D eigenvalue weighted by Gasteiger charge is -2.18. The molecular weight excluding hydrogens is 288 g/mol. The van der Waals surface area contributed by atoms with Crippen molar-refractivity contribution >= 4 is 6.03 Å². The van der Waals surface area contributed by atoms with Crippen LogP contribution in [0.5, 0.6) is 5.75 Å². The summed E-state index contributed by atoms with van der Waals surface area (Å²) in [6.45, 7) is 3.84. The average Bonchev–Trinajstić information content (AvgIpc) is 2.57. The third kappa shape index (κ3) is 6.02. The van der Waals surface area contributed by atoms with E-state index in [-0.39, 0.29) is 6.03 Å². The first-order valence-corrected chi connectivity index (χ1v) is 7.87. The Bertz CT molecular complexity index is 597. The van der Waals surface area contributed by atoms with Crippen LogP contribution < -0.4 is 10.1 Å². The Kier molecular flexibility index (Phi) is 6.48. The number of carbonyl (C=O) groups excluding carboxylic acids is 1. The molecule has 4 nitrogen and oxygen atoms in total. The zero-order chi connectivity index (χ0) is 16.5. The van der Waals surface area contributed by atoms with E-state index in [9.17, 15) is 4.79 Å². The molecule has 0 spiro atoms. The van der Waals surface area contributed by atoms with Gasteiger partial charge in [-0.3, -0.25) is 0 Å². The fourth-order valence-electron chi connectivity index (χ4n) is 2.16. The second-order valence-electron chi connectivity index (χ2n) is 5.59. The first-order chi connectivity index (χ1) is 11.1. The minimum absolute atomic E-state index is 0.0656. The maximum atomic E-state index is 12.0. The summed E-state index contributed by atoms with van der Waals surface area (Å²) < 4.78 is 5.63. The van der Waals surface area contributed by atoms with Gasteiger partial charge in [0.2, 0.25) is 0 Å². The van der Waals surface area contributed by atoms with Gasteiger partial charge >= 0.3 is 6.03 Å². The van der Waals surface area contributed by atoms with Crippen molar-refractivity contribution in [2.45, 2.75) is 19.9 Å². The molecule has 0 aromatic heterocycles. The molecule has 0 saturated heterocycles. The highest BCUT2D eigenvalue weighted by atomic mass is 16.5. The van der Waals surface area contributed by atoms with E-state index in [1.807, 2.05) is 61.5 Å². The molecule has 2 aromatic carbocycles. The molecule has 0 atom stereocenters. The Labute approximate surface area is 138 Å². The highest BCUT2D eigenvalue weighted by Crippen LogP contribution is 2.11. The number of hydrogen-bond acceptors (Lipinski definition) is 2. The second kappa shape index (κ2) is 8.83. The van der Waals surface area contributed by atoms with Crippen molar-refractivity contribution in [2.75, 3.05) is 20.2 Å². The van der Waals surface area contributed by atoms with Gasteiger partial charge in [0.25, 0.3) is 0 Å². The molecule has 0 heterocycles. The molecule has 0 saturated carbocycles. The maximum absolute atomic E-state index is 12.0. The van der Waals surface area contributed by atoms with Crippen LogP contribution in [0.1, 0.15) is 17.5 Å². The molecule has 23 heavy (non-hydrogen) atoms. The van der Waals surface area contributed by atoms with Gasteiger partial charge < -0.3 is 15.0 Å². The smallest absolute Gasteiger partial charge is 0.317 e. The van der Waals surface area contributed by atoms with Gasteiger partial charge in [0.15, 0.2) is 0 Å².